The van der Waals surface area contributed by atoms with E-state index >= 15 is 0 Å². The van der Waals surface area contributed by atoms with E-state index in [1.165, 1.54) is 18.6 Å². The van der Waals surface area contributed by atoms with Crippen LogP contribution in [0.1, 0.15) is 51.3 Å². The van der Waals surface area contributed by atoms with Gasteiger partial charge in [0.2, 0.25) is 0 Å². The van der Waals surface area contributed by atoms with Crippen molar-refractivity contribution in [2.24, 2.45) is 5.92 Å². The molecule has 7 heteroatoms. The fourth-order valence-electron chi connectivity index (χ4n) is 4.74. The molecule has 0 unspecified atom stereocenters. The van der Waals surface area contributed by atoms with E-state index in [0.717, 1.165) is 36.1 Å². The molecule has 1 saturated carbocycles. The van der Waals surface area contributed by atoms with Crippen LogP contribution in [0.5, 0.6) is 0 Å². The van der Waals surface area contributed by atoms with Crippen LogP contribution >= 0.6 is 0 Å². The summed E-state index contributed by atoms with van der Waals surface area (Å²) in [6.45, 7) is 4.23. The van der Waals surface area contributed by atoms with Crippen LogP contribution in [0.3, 0.4) is 0 Å². The normalized spacial score (nSPS) is 19.6. The third-order valence-corrected chi connectivity index (χ3v) is 6.37. The van der Waals surface area contributed by atoms with Gasteiger partial charge in [-0.3, -0.25) is 4.79 Å². The second kappa shape index (κ2) is 7.31. The lowest BCUT2D eigenvalue weighted by molar-refractivity contribution is 0.253. The summed E-state index contributed by atoms with van der Waals surface area (Å²) in [5.74, 6) is 0.175. The van der Waals surface area contributed by atoms with E-state index in [4.69, 9.17) is 5.10 Å². The average molecular weight is 405 g/mol. The molecule has 0 radical (unpaired) electrons. The third-order valence-electron chi connectivity index (χ3n) is 6.37. The topological polar surface area (TPSA) is 65.1 Å². The van der Waals surface area contributed by atoms with E-state index in [1.54, 1.807) is 16.6 Å². The highest BCUT2D eigenvalue weighted by molar-refractivity contribution is 5.84. The Labute approximate surface area is 173 Å². The van der Waals surface area contributed by atoms with Crippen molar-refractivity contribution in [2.45, 2.75) is 52.0 Å². The first-order valence-electron chi connectivity index (χ1n) is 10.6. The van der Waals surface area contributed by atoms with Crippen molar-refractivity contribution in [2.75, 3.05) is 0 Å². The molecule has 3 aromatic heterocycles. The standard InChI is InChI=1S/C23H24FN5O/c1-3-17-20(15-8-10-16(24)11-9-15)22-26-25-21-19(29(22)27-17)12-13-28(23(21)30)18-7-5-4-6-14(18)2/h8-14,18H,3-7H2,1-2H3/t14-,18+/m1/s1. The maximum Gasteiger partial charge on any atom is 0.280 e. The number of hydrogen-bond donors (Lipinski definition) is 0. The Morgan fingerprint density at radius 1 is 1.10 bits per heavy atom. The minimum absolute atomic E-state index is 0.113. The molecule has 154 valence electrons. The molecule has 0 bridgehead atoms. The minimum Gasteiger partial charge on any atom is -0.310 e. The molecule has 30 heavy (non-hydrogen) atoms. The van der Waals surface area contributed by atoms with Crippen molar-refractivity contribution < 1.29 is 4.39 Å². The van der Waals surface area contributed by atoms with Gasteiger partial charge in [0.05, 0.1) is 11.3 Å². The van der Waals surface area contributed by atoms with E-state index in [1.807, 2.05) is 23.8 Å². The molecule has 3 heterocycles. The summed E-state index contributed by atoms with van der Waals surface area (Å²) in [4.78, 5) is 13.3. The Hall–Kier alpha value is -3.09. The number of fused-ring (bicyclic) bond motifs is 3. The van der Waals surface area contributed by atoms with Crippen molar-refractivity contribution in [3.05, 3.63) is 58.4 Å². The van der Waals surface area contributed by atoms with Crippen LogP contribution in [0.15, 0.2) is 41.3 Å². The van der Waals surface area contributed by atoms with Gasteiger partial charge in [0.25, 0.3) is 5.56 Å². The third kappa shape index (κ3) is 2.91. The highest BCUT2D eigenvalue weighted by Crippen LogP contribution is 2.33. The van der Waals surface area contributed by atoms with Crippen molar-refractivity contribution in [1.82, 2.24) is 24.4 Å². The molecule has 1 fully saturated rings. The Balaban J connectivity index is 1.72. The largest absolute Gasteiger partial charge is 0.310 e. The number of hydrogen-bond acceptors (Lipinski definition) is 4. The highest BCUT2D eigenvalue weighted by Gasteiger charge is 2.25. The molecule has 2 atom stereocenters. The number of aryl methyl sites for hydroxylation is 1. The van der Waals surface area contributed by atoms with Gasteiger partial charge in [0, 0.05) is 12.2 Å². The van der Waals surface area contributed by atoms with Gasteiger partial charge in [0.15, 0.2) is 11.2 Å². The Morgan fingerprint density at radius 3 is 2.60 bits per heavy atom. The van der Waals surface area contributed by atoms with Gasteiger partial charge >= 0.3 is 0 Å². The van der Waals surface area contributed by atoms with Crippen LogP contribution in [-0.4, -0.2) is 24.4 Å². The Morgan fingerprint density at radius 2 is 1.87 bits per heavy atom. The molecule has 0 spiro atoms. The average Bonchev–Trinajstić information content (AvgIpc) is 3.14. The number of benzene rings is 1. The van der Waals surface area contributed by atoms with Crippen molar-refractivity contribution in [3.8, 4) is 11.1 Å². The summed E-state index contributed by atoms with van der Waals surface area (Å²) in [5, 5.41) is 13.4. The first-order valence-corrected chi connectivity index (χ1v) is 10.6. The zero-order valence-corrected chi connectivity index (χ0v) is 17.2. The predicted octanol–water partition coefficient (Wildman–Crippen LogP) is 4.56. The summed E-state index contributed by atoms with van der Waals surface area (Å²) >= 11 is 0. The molecular weight excluding hydrogens is 381 g/mol. The molecule has 6 nitrogen and oxygen atoms in total. The molecule has 5 rings (SSSR count). The number of pyridine rings is 1. The van der Waals surface area contributed by atoms with Gasteiger partial charge in [0.1, 0.15) is 11.3 Å². The fraction of sp³-hybridized carbons (Fsp3) is 0.391. The summed E-state index contributed by atoms with van der Waals surface area (Å²) in [6, 6.07) is 8.42. The lowest BCUT2D eigenvalue weighted by atomic mass is 9.85. The van der Waals surface area contributed by atoms with Crippen LogP contribution in [-0.2, 0) is 6.42 Å². The monoisotopic (exact) mass is 405 g/mol. The molecule has 0 amide bonds. The van der Waals surface area contributed by atoms with Crippen molar-refractivity contribution in [1.29, 1.82) is 0 Å². The lowest BCUT2D eigenvalue weighted by Crippen LogP contribution is -2.31. The van der Waals surface area contributed by atoms with Crippen molar-refractivity contribution in [3.63, 3.8) is 0 Å². The van der Waals surface area contributed by atoms with Gasteiger partial charge in [-0.1, -0.05) is 38.8 Å². The van der Waals surface area contributed by atoms with Crippen LogP contribution in [0.2, 0.25) is 0 Å². The molecular formula is C23H24FN5O. The smallest absolute Gasteiger partial charge is 0.280 e. The second-order valence-corrected chi connectivity index (χ2v) is 8.21. The van der Waals surface area contributed by atoms with Crippen LogP contribution in [0.25, 0.3) is 27.8 Å². The summed E-state index contributed by atoms with van der Waals surface area (Å²) < 4.78 is 16.9. The number of nitrogens with zero attached hydrogens (tertiary/aromatic N) is 5. The van der Waals surface area contributed by atoms with Crippen LogP contribution in [0, 0.1) is 11.7 Å². The van der Waals surface area contributed by atoms with E-state index in [0.29, 0.717) is 29.0 Å². The zero-order chi connectivity index (χ0) is 20.8. The SMILES string of the molecule is CCc1nn2c(nnc3c(=O)n([C@H]4CCCC[C@H]4C)ccc32)c1-c1ccc(F)cc1. The van der Waals surface area contributed by atoms with Gasteiger partial charge < -0.3 is 4.57 Å². The molecule has 1 aliphatic carbocycles. The van der Waals surface area contributed by atoms with E-state index < -0.39 is 0 Å². The van der Waals surface area contributed by atoms with Crippen LogP contribution < -0.4 is 5.56 Å². The van der Waals surface area contributed by atoms with Crippen LogP contribution in [0.4, 0.5) is 4.39 Å². The molecule has 1 aliphatic rings. The fourth-order valence-corrected chi connectivity index (χ4v) is 4.74. The van der Waals surface area contributed by atoms with Gasteiger partial charge in [-0.15, -0.1) is 10.2 Å². The Bertz CT molecular complexity index is 1290. The maximum absolute atomic E-state index is 13.4. The predicted molar refractivity (Wildman–Crippen MR) is 114 cm³/mol. The molecule has 4 aromatic rings. The summed E-state index contributed by atoms with van der Waals surface area (Å²) in [5.41, 5.74) is 3.95. The number of aromatic nitrogens is 5. The zero-order valence-electron chi connectivity index (χ0n) is 17.2. The van der Waals surface area contributed by atoms with E-state index in [2.05, 4.69) is 17.1 Å². The highest BCUT2D eigenvalue weighted by atomic mass is 19.1. The maximum atomic E-state index is 13.4. The molecule has 1 aromatic carbocycles. The molecule has 0 saturated heterocycles. The lowest BCUT2D eigenvalue weighted by Gasteiger charge is -2.30. The summed E-state index contributed by atoms with van der Waals surface area (Å²) in [6.07, 6.45) is 7.08. The Kier molecular flexibility index (Phi) is 4.60. The van der Waals surface area contributed by atoms with Crippen molar-refractivity contribution >= 4 is 16.7 Å². The second-order valence-electron chi connectivity index (χ2n) is 8.21. The van der Waals surface area contributed by atoms with E-state index in [-0.39, 0.29) is 17.4 Å². The number of rotatable bonds is 3. The van der Waals surface area contributed by atoms with E-state index in [9.17, 15) is 9.18 Å². The quantitative estimate of drug-likeness (QED) is 0.501. The van der Waals surface area contributed by atoms with Gasteiger partial charge in [-0.2, -0.15) is 5.10 Å². The first-order chi connectivity index (χ1) is 14.6. The first kappa shape index (κ1) is 18.9. The van der Waals surface area contributed by atoms with Gasteiger partial charge in [-0.25, -0.2) is 8.91 Å². The number of halogens is 1. The molecule has 0 N–H and O–H groups in total. The molecule has 0 aliphatic heterocycles. The summed E-state index contributed by atoms with van der Waals surface area (Å²) in [7, 11) is 0. The minimum atomic E-state index is -0.290. The van der Waals surface area contributed by atoms with Gasteiger partial charge in [-0.05, 0) is 48.9 Å².